The SMILES string of the molecule is O=C(NCCCn1cccn1)c1ccc2c(c1)NCCN2. The third-order valence-corrected chi connectivity index (χ3v) is 3.45. The summed E-state index contributed by atoms with van der Waals surface area (Å²) in [7, 11) is 0. The molecule has 0 spiro atoms. The molecule has 1 aliphatic heterocycles. The van der Waals surface area contributed by atoms with Crippen molar-refractivity contribution in [1.82, 2.24) is 15.1 Å². The number of hydrogen-bond acceptors (Lipinski definition) is 4. The smallest absolute Gasteiger partial charge is 0.251 e. The topological polar surface area (TPSA) is 71.0 Å². The van der Waals surface area contributed by atoms with Crippen molar-refractivity contribution >= 4 is 17.3 Å². The van der Waals surface area contributed by atoms with Crippen molar-refractivity contribution in [3.8, 4) is 0 Å². The first-order valence-electron chi connectivity index (χ1n) is 7.20. The van der Waals surface area contributed by atoms with Gasteiger partial charge in [-0.05, 0) is 30.7 Å². The summed E-state index contributed by atoms with van der Waals surface area (Å²) in [4.78, 5) is 12.1. The van der Waals surface area contributed by atoms with E-state index in [0.29, 0.717) is 12.1 Å². The number of nitrogens with one attached hydrogen (secondary N) is 3. The molecule has 0 aliphatic carbocycles. The van der Waals surface area contributed by atoms with Crippen LogP contribution in [0.4, 0.5) is 11.4 Å². The standard InChI is InChI=1S/C15H19N5O/c21-15(18-5-1-9-20-10-2-6-19-20)12-3-4-13-14(11-12)17-8-7-16-13/h2-4,6,10-11,16-17H,1,5,7-9H2,(H,18,21). The lowest BCUT2D eigenvalue weighted by Crippen LogP contribution is -2.26. The number of fused-ring (bicyclic) bond motifs is 1. The Bertz CT molecular complexity index is 609. The summed E-state index contributed by atoms with van der Waals surface area (Å²) in [6.07, 6.45) is 4.54. The Morgan fingerprint density at radius 1 is 1.29 bits per heavy atom. The van der Waals surface area contributed by atoms with Crippen molar-refractivity contribution in [2.75, 3.05) is 30.3 Å². The summed E-state index contributed by atoms with van der Waals surface area (Å²) < 4.78 is 1.86. The Labute approximate surface area is 123 Å². The molecular weight excluding hydrogens is 266 g/mol. The zero-order valence-electron chi connectivity index (χ0n) is 11.8. The number of carbonyl (C=O) groups excluding carboxylic acids is 1. The first-order chi connectivity index (χ1) is 10.3. The molecule has 0 bridgehead atoms. The summed E-state index contributed by atoms with van der Waals surface area (Å²) in [6.45, 7) is 3.23. The molecule has 1 aromatic heterocycles. The van der Waals surface area contributed by atoms with Gasteiger partial charge in [-0.25, -0.2) is 0 Å². The molecule has 0 fully saturated rings. The molecule has 1 aliphatic rings. The van der Waals surface area contributed by atoms with Crippen LogP contribution in [-0.2, 0) is 6.54 Å². The molecule has 0 atom stereocenters. The minimum atomic E-state index is -0.0364. The summed E-state index contributed by atoms with van der Waals surface area (Å²) in [5.74, 6) is -0.0364. The lowest BCUT2D eigenvalue weighted by atomic mass is 10.1. The Balaban J connectivity index is 1.51. The van der Waals surface area contributed by atoms with E-state index in [1.54, 1.807) is 6.20 Å². The highest BCUT2D eigenvalue weighted by Gasteiger charge is 2.11. The highest BCUT2D eigenvalue weighted by atomic mass is 16.1. The number of rotatable bonds is 5. The molecule has 3 N–H and O–H groups in total. The van der Waals surface area contributed by atoms with Crippen molar-refractivity contribution in [2.45, 2.75) is 13.0 Å². The number of amides is 1. The van der Waals surface area contributed by atoms with Gasteiger partial charge in [-0.1, -0.05) is 0 Å². The summed E-state index contributed by atoms with van der Waals surface area (Å²) in [5, 5.41) is 13.7. The van der Waals surface area contributed by atoms with E-state index >= 15 is 0 Å². The van der Waals surface area contributed by atoms with Gasteiger partial charge in [0.1, 0.15) is 0 Å². The normalized spacial score (nSPS) is 13.0. The number of aromatic nitrogens is 2. The minimum absolute atomic E-state index is 0.0364. The van der Waals surface area contributed by atoms with Gasteiger partial charge in [0.25, 0.3) is 5.91 Å². The van der Waals surface area contributed by atoms with Crippen LogP contribution in [0.1, 0.15) is 16.8 Å². The molecule has 0 unspecified atom stereocenters. The van der Waals surface area contributed by atoms with E-state index < -0.39 is 0 Å². The number of nitrogens with zero attached hydrogens (tertiary/aromatic N) is 2. The maximum atomic E-state index is 12.1. The van der Waals surface area contributed by atoms with Crippen LogP contribution in [0, 0.1) is 0 Å². The Hall–Kier alpha value is -2.50. The lowest BCUT2D eigenvalue weighted by molar-refractivity contribution is 0.0952. The number of anilines is 2. The average Bonchev–Trinajstić information content (AvgIpc) is 3.04. The molecule has 1 aromatic carbocycles. The van der Waals surface area contributed by atoms with Gasteiger partial charge in [-0.3, -0.25) is 9.48 Å². The summed E-state index contributed by atoms with van der Waals surface area (Å²) >= 11 is 0. The second kappa shape index (κ2) is 6.30. The van der Waals surface area contributed by atoms with Crippen LogP contribution in [0.5, 0.6) is 0 Å². The highest BCUT2D eigenvalue weighted by molar-refractivity contribution is 5.96. The molecule has 21 heavy (non-hydrogen) atoms. The second-order valence-electron chi connectivity index (χ2n) is 4.99. The molecule has 0 radical (unpaired) electrons. The molecule has 110 valence electrons. The fraction of sp³-hybridized carbons (Fsp3) is 0.333. The van der Waals surface area contributed by atoms with Gasteiger partial charge in [-0.2, -0.15) is 5.10 Å². The van der Waals surface area contributed by atoms with Gasteiger partial charge in [0.15, 0.2) is 0 Å². The molecule has 6 nitrogen and oxygen atoms in total. The Morgan fingerprint density at radius 2 is 2.14 bits per heavy atom. The fourth-order valence-electron chi connectivity index (χ4n) is 2.36. The first kappa shape index (κ1) is 13.5. The minimum Gasteiger partial charge on any atom is -0.382 e. The molecule has 0 saturated carbocycles. The van der Waals surface area contributed by atoms with E-state index in [-0.39, 0.29) is 5.91 Å². The van der Waals surface area contributed by atoms with Gasteiger partial charge in [0, 0.05) is 44.1 Å². The van der Waals surface area contributed by atoms with Gasteiger partial charge in [0.2, 0.25) is 0 Å². The van der Waals surface area contributed by atoms with Gasteiger partial charge in [-0.15, -0.1) is 0 Å². The second-order valence-corrected chi connectivity index (χ2v) is 4.99. The monoisotopic (exact) mass is 285 g/mol. The van der Waals surface area contributed by atoms with Crippen LogP contribution >= 0.6 is 0 Å². The van der Waals surface area contributed by atoms with E-state index in [1.165, 1.54) is 0 Å². The number of hydrogen-bond donors (Lipinski definition) is 3. The van der Waals surface area contributed by atoms with Gasteiger partial charge >= 0.3 is 0 Å². The largest absolute Gasteiger partial charge is 0.382 e. The first-order valence-corrected chi connectivity index (χ1v) is 7.20. The molecule has 6 heteroatoms. The number of carbonyl (C=O) groups is 1. The zero-order valence-corrected chi connectivity index (χ0v) is 11.8. The molecular formula is C15H19N5O. The zero-order chi connectivity index (χ0) is 14.5. The molecule has 1 amide bonds. The highest BCUT2D eigenvalue weighted by Crippen LogP contribution is 2.25. The molecule has 2 aromatic rings. The Kier molecular flexibility index (Phi) is 4.04. The van der Waals surface area contributed by atoms with Crippen molar-refractivity contribution in [1.29, 1.82) is 0 Å². The molecule has 3 rings (SSSR count). The fourth-order valence-corrected chi connectivity index (χ4v) is 2.36. The number of aryl methyl sites for hydroxylation is 1. The average molecular weight is 285 g/mol. The molecule has 0 saturated heterocycles. The predicted molar refractivity (Wildman–Crippen MR) is 82.6 cm³/mol. The van der Waals surface area contributed by atoms with Crippen LogP contribution in [0.25, 0.3) is 0 Å². The van der Waals surface area contributed by atoms with Crippen molar-refractivity contribution in [2.24, 2.45) is 0 Å². The van der Waals surface area contributed by atoms with E-state index in [0.717, 1.165) is 37.4 Å². The third kappa shape index (κ3) is 3.34. The maximum Gasteiger partial charge on any atom is 0.251 e. The van der Waals surface area contributed by atoms with Crippen molar-refractivity contribution in [3.63, 3.8) is 0 Å². The number of benzene rings is 1. The Morgan fingerprint density at radius 3 is 2.95 bits per heavy atom. The van der Waals surface area contributed by atoms with Crippen LogP contribution < -0.4 is 16.0 Å². The van der Waals surface area contributed by atoms with E-state index in [4.69, 9.17) is 0 Å². The predicted octanol–water partition coefficient (Wildman–Crippen LogP) is 1.54. The lowest BCUT2D eigenvalue weighted by Gasteiger charge is -2.20. The van der Waals surface area contributed by atoms with Crippen LogP contribution in [0.2, 0.25) is 0 Å². The molecule has 2 heterocycles. The van der Waals surface area contributed by atoms with E-state index in [9.17, 15) is 4.79 Å². The van der Waals surface area contributed by atoms with Crippen LogP contribution in [0.15, 0.2) is 36.7 Å². The van der Waals surface area contributed by atoms with Crippen LogP contribution in [-0.4, -0.2) is 35.3 Å². The van der Waals surface area contributed by atoms with Gasteiger partial charge < -0.3 is 16.0 Å². The third-order valence-electron chi connectivity index (χ3n) is 3.45. The van der Waals surface area contributed by atoms with E-state index in [1.807, 2.05) is 35.1 Å². The van der Waals surface area contributed by atoms with Gasteiger partial charge in [0.05, 0.1) is 11.4 Å². The summed E-state index contributed by atoms with van der Waals surface area (Å²) in [6, 6.07) is 7.58. The van der Waals surface area contributed by atoms with E-state index in [2.05, 4.69) is 21.0 Å². The maximum absolute atomic E-state index is 12.1. The van der Waals surface area contributed by atoms with Crippen LogP contribution in [0.3, 0.4) is 0 Å². The quantitative estimate of drug-likeness (QED) is 0.729. The van der Waals surface area contributed by atoms with Crippen molar-refractivity contribution < 1.29 is 4.79 Å². The summed E-state index contributed by atoms with van der Waals surface area (Å²) in [5.41, 5.74) is 2.73. The van der Waals surface area contributed by atoms with Crippen molar-refractivity contribution in [3.05, 3.63) is 42.2 Å².